The van der Waals surface area contributed by atoms with Gasteiger partial charge in [-0.1, -0.05) is 37.5 Å². The van der Waals surface area contributed by atoms with Gasteiger partial charge in [-0.15, -0.1) is 6.58 Å². The summed E-state index contributed by atoms with van der Waals surface area (Å²) in [6.45, 7) is 5.63. The number of nitriles is 1. The predicted octanol–water partition coefficient (Wildman–Crippen LogP) is 4.62. The van der Waals surface area contributed by atoms with E-state index in [2.05, 4.69) is 18.7 Å². The van der Waals surface area contributed by atoms with Crippen LogP contribution < -0.4 is 0 Å². The second-order valence-electron chi connectivity index (χ2n) is 3.98. The first-order valence-electron chi connectivity index (χ1n) is 5.98. The van der Waals surface area contributed by atoms with Gasteiger partial charge in [0.05, 0.1) is 12.0 Å². The number of hydrogen-bond donors (Lipinski definition) is 0. The molecule has 0 aromatic carbocycles. The largest absolute Gasteiger partial charge is 0.198 e. The third-order valence-electron chi connectivity index (χ3n) is 2.41. The van der Waals surface area contributed by atoms with Crippen LogP contribution in [-0.4, -0.2) is 0 Å². The summed E-state index contributed by atoms with van der Waals surface area (Å²) in [4.78, 5) is 0. The van der Waals surface area contributed by atoms with Gasteiger partial charge in [0.15, 0.2) is 0 Å². The predicted molar refractivity (Wildman–Crippen MR) is 66.4 cm³/mol. The van der Waals surface area contributed by atoms with Crippen LogP contribution in [0, 0.1) is 17.2 Å². The minimum Gasteiger partial charge on any atom is -0.198 e. The Morgan fingerprint density at radius 1 is 1.13 bits per heavy atom. The zero-order chi connectivity index (χ0) is 11.4. The minimum absolute atomic E-state index is 0.0672. The second-order valence-corrected chi connectivity index (χ2v) is 3.98. The molecule has 0 N–H and O–H groups in total. The first-order valence-corrected chi connectivity index (χ1v) is 5.98. The summed E-state index contributed by atoms with van der Waals surface area (Å²) < 4.78 is 0. The zero-order valence-electron chi connectivity index (χ0n) is 9.91. The number of unbranched alkanes of at least 4 members (excludes halogenated alkanes) is 6. The van der Waals surface area contributed by atoms with Crippen molar-refractivity contribution in [3.8, 4) is 6.07 Å². The van der Waals surface area contributed by atoms with Crippen molar-refractivity contribution < 1.29 is 0 Å². The fraction of sp³-hybridized carbons (Fsp3) is 0.643. The quantitative estimate of drug-likeness (QED) is 0.398. The van der Waals surface area contributed by atoms with Gasteiger partial charge >= 0.3 is 0 Å². The number of hydrogen-bond acceptors (Lipinski definition) is 1. The van der Waals surface area contributed by atoms with E-state index in [0.717, 1.165) is 12.8 Å². The molecule has 0 spiro atoms. The van der Waals surface area contributed by atoms with Crippen molar-refractivity contribution in [3.63, 3.8) is 0 Å². The summed E-state index contributed by atoms with van der Waals surface area (Å²) in [5, 5.41) is 8.55. The van der Waals surface area contributed by atoms with Gasteiger partial charge in [-0.3, -0.25) is 0 Å². The molecule has 0 fully saturated rings. The second kappa shape index (κ2) is 11.0. The molecule has 0 radical (unpaired) electrons. The molecular weight excluding hydrogens is 182 g/mol. The highest BCUT2D eigenvalue weighted by molar-refractivity contribution is 4.97. The van der Waals surface area contributed by atoms with Crippen molar-refractivity contribution in [2.75, 3.05) is 0 Å². The molecule has 0 aliphatic carbocycles. The summed E-state index contributed by atoms with van der Waals surface area (Å²) in [6, 6.07) is 2.19. The average Bonchev–Trinajstić information content (AvgIpc) is 2.26. The summed E-state index contributed by atoms with van der Waals surface area (Å²) in [7, 11) is 0. The Balaban J connectivity index is 3.15. The number of nitrogens with zero attached hydrogens (tertiary/aromatic N) is 1. The average molecular weight is 205 g/mol. The molecule has 15 heavy (non-hydrogen) atoms. The summed E-state index contributed by atoms with van der Waals surface area (Å²) >= 11 is 0. The molecule has 0 aromatic rings. The molecule has 1 unspecified atom stereocenters. The molecule has 0 bridgehead atoms. The minimum atomic E-state index is 0.0672. The summed E-state index contributed by atoms with van der Waals surface area (Å²) in [5.74, 6) is 0.0672. The highest BCUT2D eigenvalue weighted by Crippen LogP contribution is 2.08. The van der Waals surface area contributed by atoms with Crippen LogP contribution >= 0.6 is 0 Å². The lowest BCUT2D eigenvalue weighted by molar-refractivity contribution is 0.621. The van der Waals surface area contributed by atoms with Crippen molar-refractivity contribution in [2.24, 2.45) is 5.92 Å². The van der Waals surface area contributed by atoms with E-state index < -0.39 is 0 Å². The van der Waals surface area contributed by atoms with Crippen molar-refractivity contribution in [3.05, 3.63) is 24.8 Å². The Hall–Kier alpha value is -1.03. The van der Waals surface area contributed by atoms with Crippen LogP contribution in [-0.2, 0) is 0 Å². The third-order valence-corrected chi connectivity index (χ3v) is 2.41. The van der Waals surface area contributed by atoms with E-state index in [1.807, 2.05) is 19.1 Å². The zero-order valence-corrected chi connectivity index (χ0v) is 9.91. The van der Waals surface area contributed by atoms with E-state index in [-0.39, 0.29) is 5.92 Å². The lowest BCUT2D eigenvalue weighted by Gasteiger charge is -1.98. The Morgan fingerprint density at radius 3 is 2.33 bits per heavy atom. The molecule has 0 rings (SSSR count). The van der Waals surface area contributed by atoms with Crippen LogP contribution in [0.3, 0.4) is 0 Å². The highest BCUT2D eigenvalue weighted by atomic mass is 14.2. The molecule has 0 aliphatic heterocycles. The van der Waals surface area contributed by atoms with E-state index in [1.165, 1.54) is 32.1 Å². The van der Waals surface area contributed by atoms with Crippen LogP contribution in [0.4, 0.5) is 0 Å². The summed E-state index contributed by atoms with van der Waals surface area (Å²) in [5.41, 5.74) is 0. The van der Waals surface area contributed by atoms with Gasteiger partial charge in [0.25, 0.3) is 0 Å². The van der Waals surface area contributed by atoms with Crippen molar-refractivity contribution in [2.45, 2.75) is 51.9 Å². The molecule has 0 heterocycles. The lowest BCUT2D eigenvalue weighted by Crippen LogP contribution is -1.82. The fourth-order valence-electron chi connectivity index (χ4n) is 1.42. The molecule has 1 heteroatoms. The monoisotopic (exact) mass is 205 g/mol. The van der Waals surface area contributed by atoms with Crippen molar-refractivity contribution >= 4 is 0 Å². The van der Waals surface area contributed by atoms with Crippen LogP contribution in [0.5, 0.6) is 0 Å². The van der Waals surface area contributed by atoms with Gasteiger partial charge in [-0.2, -0.15) is 5.26 Å². The van der Waals surface area contributed by atoms with Gasteiger partial charge in [0, 0.05) is 0 Å². The van der Waals surface area contributed by atoms with E-state index in [1.54, 1.807) is 0 Å². The molecule has 0 amide bonds. The van der Waals surface area contributed by atoms with Crippen molar-refractivity contribution in [1.82, 2.24) is 0 Å². The first-order chi connectivity index (χ1) is 7.31. The van der Waals surface area contributed by atoms with Gasteiger partial charge in [0.1, 0.15) is 0 Å². The fourth-order valence-corrected chi connectivity index (χ4v) is 1.42. The van der Waals surface area contributed by atoms with E-state index in [9.17, 15) is 0 Å². The maximum Gasteiger partial charge on any atom is 0.0694 e. The Kier molecular flexibility index (Phi) is 10.3. The van der Waals surface area contributed by atoms with E-state index in [0.29, 0.717) is 0 Å². The van der Waals surface area contributed by atoms with Gasteiger partial charge < -0.3 is 0 Å². The third kappa shape index (κ3) is 10.9. The van der Waals surface area contributed by atoms with Gasteiger partial charge in [-0.25, -0.2) is 0 Å². The van der Waals surface area contributed by atoms with Gasteiger partial charge in [0.2, 0.25) is 0 Å². The molecule has 84 valence electrons. The van der Waals surface area contributed by atoms with E-state index in [4.69, 9.17) is 5.26 Å². The number of allylic oxidation sites excluding steroid dienone is 3. The first kappa shape index (κ1) is 14.0. The normalized spacial score (nSPS) is 12.5. The maximum absolute atomic E-state index is 8.55. The van der Waals surface area contributed by atoms with Gasteiger partial charge in [-0.05, 0) is 32.6 Å². The van der Waals surface area contributed by atoms with Crippen LogP contribution in [0.15, 0.2) is 24.8 Å². The SMILES string of the molecule is C=CCCCCCCC/C=C\C(C)C#N. The van der Waals surface area contributed by atoms with Crippen LogP contribution in [0.25, 0.3) is 0 Å². The van der Waals surface area contributed by atoms with Crippen LogP contribution in [0.1, 0.15) is 51.9 Å². The van der Waals surface area contributed by atoms with Crippen molar-refractivity contribution in [1.29, 1.82) is 5.26 Å². The molecule has 0 saturated heterocycles. The Morgan fingerprint density at radius 2 is 1.73 bits per heavy atom. The Labute approximate surface area is 94.5 Å². The van der Waals surface area contributed by atoms with E-state index >= 15 is 0 Å². The molecular formula is C14H23N. The molecule has 0 saturated carbocycles. The lowest BCUT2D eigenvalue weighted by atomic mass is 10.1. The maximum atomic E-state index is 8.55. The standard InChI is InChI=1S/C14H23N/c1-3-4-5-6-7-8-9-10-11-12-14(2)13-15/h3,11-12,14H,1,4-10H2,2H3/b12-11-. The number of rotatable bonds is 9. The molecule has 1 nitrogen and oxygen atoms in total. The molecule has 1 atom stereocenters. The smallest absolute Gasteiger partial charge is 0.0694 e. The van der Waals surface area contributed by atoms with Crippen LogP contribution in [0.2, 0.25) is 0 Å². The Bertz CT molecular complexity index is 210. The topological polar surface area (TPSA) is 23.8 Å². The highest BCUT2D eigenvalue weighted by Gasteiger charge is 1.91. The molecule has 0 aromatic heterocycles. The summed E-state index contributed by atoms with van der Waals surface area (Å²) in [6.07, 6.45) is 14.9. The molecule has 0 aliphatic rings.